The van der Waals surface area contributed by atoms with Crippen LogP contribution < -0.4 is 4.90 Å². The van der Waals surface area contributed by atoms with Crippen LogP contribution in [0.5, 0.6) is 0 Å². The van der Waals surface area contributed by atoms with Crippen molar-refractivity contribution in [3.63, 3.8) is 0 Å². The van der Waals surface area contributed by atoms with E-state index >= 15 is 0 Å². The molecule has 0 fully saturated rings. The third kappa shape index (κ3) is 7.97. The van der Waals surface area contributed by atoms with Gasteiger partial charge in [0.1, 0.15) is 18.2 Å². The van der Waals surface area contributed by atoms with Crippen molar-refractivity contribution in [2.45, 2.75) is 59.3 Å². The van der Waals surface area contributed by atoms with Gasteiger partial charge in [-0.1, -0.05) is 51.4 Å². The van der Waals surface area contributed by atoms with Crippen molar-refractivity contribution in [1.29, 1.82) is 15.8 Å². The highest BCUT2D eigenvalue weighted by atomic mass is 32.1. The molecule has 1 aromatic carbocycles. The maximum absolute atomic E-state index is 13.1. The number of azo groups is 1. The van der Waals surface area contributed by atoms with Gasteiger partial charge < -0.3 is 9.80 Å². The standard InChI is InChI=1S/C31H34N8OS/c1-4-7-16-38(17-8-5-2)25-12-10-24(11-13-25)36-37-31-35-22-26(41-31)14-15-27-28(21-34)29(23(19-32)20-33)39(30(27)40)18-9-6-3/h10-15,22H,4-9,16-18H2,1-3H3/b15-14+,37-36+. The minimum absolute atomic E-state index is 0.0243. The number of rotatable bonds is 14. The quantitative estimate of drug-likeness (QED) is 0.170. The zero-order chi connectivity index (χ0) is 29.6. The van der Waals surface area contributed by atoms with Crippen molar-refractivity contribution < 1.29 is 4.79 Å². The van der Waals surface area contributed by atoms with Crippen LogP contribution in [-0.2, 0) is 4.79 Å². The summed E-state index contributed by atoms with van der Waals surface area (Å²) in [6, 6.07) is 13.7. The molecule has 3 rings (SSSR count). The second kappa shape index (κ2) is 15.9. The lowest BCUT2D eigenvalue weighted by Gasteiger charge is -2.24. The first-order valence-electron chi connectivity index (χ1n) is 13.9. The second-order valence-corrected chi connectivity index (χ2v) is 10.5. The van der Waals surface area contributed by atoms with E-state index in [1.165, 1.54) is 28.0 Å². The zero-order valence-electron chi connectivity index (χ0n) is 23.8. The molecule has 0 atom stereocenters. The van der Waals surface area contributed by atoms with Crippen LogP contribution in [0.15, 0.2) is 69.2 Å². The monoisotopic (exact) mass is 566 g/mol. The molecular formula is C31H34N8OS. The number of amides is 1. The van der Waals surface area contributed by atoms with Gasteiger partial charge in [-0.3, -0.25) is 4.79 Å². The van der Waals surface area contributed by atoms with Gasteiger partial charge in [-0.05, 0) is 55.7 Å². The molecular weight excluding hydrogens is 532 g/mol. The lowest BCUT2D eigenvalue weighted by molar-refractivity contribution is -0.124. The third-order valence-corrected chi connectivity index (χ3v) is 7.36. The number of anilines is 1. The molecule has 2 heterocycles. The minimum Gasteiger partial charge on any atom is -0.372 e. The molecule has 2 aromatic rings. The van der Waals surface area contributed by atoms with E-state index in [2.05, 4.69) is 46.1 Å². The number of nitriles is 3. The van der Waals surface area contributed by atoms with Crippen molar-refractivity contribution in [3.05, 3.63) is 63.8 Å². The molecule has 1 aromatic heterocycles. The Hall–Kier alpha value is -4.59. The zero-order valence-corrected chi connectivity index (χ0v) is 24.6. The summed E-state index contributed by atoms with van der Waals surface area (Å²) in [6.45, 7) is 8.78. The summed E-state index contributed by atoms with van der Waals surface area (Å²) in [5.74, 6) is -0.403. The van der Waals surface area contributed by atoms with Crippen molar-refractivity contribution in [1.82, 2.24) is 9.88 Å². The van der Waals surface area contributed by atoms with E-state index in [-0.39, 0.29) is 22.4 Å². The summed E-state index contributed by atoms with van der Waals surface area (Å²) >= 11 is 1.29. The smallest absolute Gasteiger partial charge is 0.259 e. The van der Waals surface area contributed by atoms with E-state index in [0.29, 0.717) is 23.0 Å². The summed E-state index contributed by atoms with van der Waals surface area (Å²) in [6.07, 6.45) is 11.0. The van der Waals surface area contributed by atoms with Crippen LogP contribution in [0.25, 0.3) is 6.08 Å². The van der Waals surface area contributed by atoms with Gasteiger partial charge in [0.2, 0.25) is 5.13 Å². The fourth-order valence-corrected chi connectivity index (χ4v) is 4.91. The van der Waals surface area contributed by atoms with Crippen molar-refractivity contribution in [2.24, 2.45) is 10.2 Å². The Bertz CT molecular complexity index is 1440. The van der Waals surface area contributed by atoms with E-state index in [0.717, 1.165) is 50.9 Å². The van der Waals surface area contributed by atoms with Crippen molar-refractivity contribution >= 4 is 39.8 Å². The molecule has 0 spiro atoms. The predicted octanol–water partition coefficient (Wildman–Crippen LogP) is 7.74. The van der Waals surface area contributed by atoms with Crippen LogP contribution in [0.3, 0.4) is 0 Å². The number of unbranched alkanes of at least 4 members (excludes halogenated alkanes) is 3. The molecule has 0 bridgehead atoms. The van der Waals surface area contributed by atoms with E-state index in [1.807, 2.05) is 37.3 Å². The summed E-state index contributed by atoms with van der Waals surface area (Å²) in [7, 11) is 0. The Balaban J connectivity index is 1.76. The SMILES string of the molecule is CCCCN1C(=O)C(/C=C/c2cnc(/N=N/c3ccc(N(CCCC)CCCC)cc3)s2)=C(C#N)C1=C(C#N)C#N. The van der Waals surface area contributed by atoms with Crippen LogP contribution in [0, 0.1) is 34.0 Å². The number of carbonyl (C=O) groups is 1. The number of benzene rings is 1. The molecule has 41 heavy (non-hydrogen) atoms. The average Bonchev–Trinajstić information content (AvgIpc) is 3.56. The van der Waals surface area contributed by atoms with Crippen molar-refractivity contribution in [3.8, 4) is 18.2 Å². The van der Waals surface area contributed by atoms with Gasteiger partial charge in [-0.2, -0.15) is 15.8 Å². The van der Waals surface area contributed by atoms with E-state index in [9.17, 15) is 20.6 Å². The summed E-state index contributed by atoms with van der Waals surface area (Å²) < 4.78 is 0. The molecule has 9 nitrogen and oxygen atoms in total. The highest BCUT2D eigenvalue weighted by Gasteiger charge is 2.36. The van der Waals surface area contributed by atoms with Gasteiger partial charge in [0.05, 0.1) is 22.5 Å². The number of carbonyl (C=O) groups excluding carboxylic acids is 1. The predicted molar refractivity (Wildman–Crippen MR) is 161 cm³/mol. The molecule has 210 valence electrons. The lowest BCUT2D eigenvalue weighted by atomic mass is 10.1. The number of thiazole rings is 1. The number of allylic oxidation sites excluding steroid dienone is 2. The maximum Gasteiger partial charge on any atom is 0.259 e. The lowest BCUT2D eigenvalue weighted by Crippen LogP contribution is -2.27. The fourth-order valence-electron chi connectivity index (χ4n) is 4.27. The van der Waals surface area contributed by atoms with Gasteiger partial charge in [0.15, 0.2) is 5.57 Å². The summed E-state index contributed by atoms with van der Waals surface area (Å²) in [4.78, 5) is 21.9. The fraction of sp³-hybridized carbons (Fsp3) is 0.387. The van der Waals surface area contributed by atoms with E-state index in [1.54, 1.807) is 12.3 Å². The first-order chi connectivity index (χ1) is 20.0. The number of nitrogens with zero attached hydrogens (tertiary/aromatic N) is 8. The first kappa shape index (κ1) is 30.9. The Kier molecular flexibility index (Phi) is 12.0. The third-order valence-electron chi connectivity index (χ3n) is 6.51. The largest absolute Gasteiger partial charge is 0.372 e. The number of hydrogen-bond acceptors (Lipinski definition) is 9. The highest BCUT2D eigenvalue weighted by Crippen LogP contribution is 2.33. The molecule has 0 unspecified atom stereocenters. The van der Waals surface area contributed by atoms with Crippen LogP contribution >= 0.6 is 11.3 Å². The number of hydrogen-bond donors (Lipinski definition) is 0. The van der Waals surface area contributed by atoms with Crippen LogP contribution in [-0.4, -0.2) is 35.4 Å². The normalized spacial score (nSPS) is 13.2. The molecule has 0 radical (unpaired) electrons. The molecule has 0 N–H and O–H groups in total. The highest BCUT2D eigenvalue weighted by molar-refractivity contribution is 7.16. The molecule has 0 aliphatic carbocycles. The summed E-state index contributed by atoms with van der Waals surface area (Å²) in [5.41, 5.74) is 1.91. The summed E-state index contributed by atoms with van der Waals surface area (Å²) in [5, 5.41) is 37.7. The molecule has 0 saturated carbocycles. The first-order valence-corrected chi connectivity index (χ1v) is 14.7. The number of aromatic nitrogens is 1. The van der Waals surface area contributed by atoms with E-state index < -0.39 is 5.91 Å². The molecule has 1 amide bonds. The van der Waals surface area contributed by atoms with Gasteiger partial charge in [-0.25, -0.2) is 4.98 Å². The molecule has 1 aliphatic heterocycles. The van der Waals surface area contributed by atoms with E-state index in [4.69, 9.17) is 0 Å². The molecule has 10 heteroatoms. The Morgan fingerprint density at radius 3 is 2.22 bits per heavy atom. The van der Waals surface area contributed by atoms with Gasteiger partial charge in [0.25, 0.3) is 5.91 Å². The van der Waals surface area contributed by atoms with Gasteiger partial charge in [-0.15, -0.1) is 10.2 Å². The van der Waals surface area contributed by atoms with Crippen molar-refractivity contribution in [2.75, 3.05) is 24.5 Å². The van der Waals surface area contributed by atoms with Crippen LogP contribution in [0.1, 0.15) is 64.2 Å². The average molecular weight is 567 g/mol. The Labute approximate surface area is 246 Å². The van der Waals surface area contributed by atoms with Gasteiger partial charge >= 0.3 is 0 Å². The molecule has 1 aliphatic rings. The Morgan fingerprint density at radius 2 is 1.63 bits per heavy atom. The van der Waals surface area contributed by atoms with Crippen LogP contribution in [0.2, 0.25) is 0 Å². The topological polar surface area (TPSA) is 133 Å². The molecule has 0 saturated heterocycles. The Morgan fingerprint density at radius 1 is 0.976 bits per heavy atom. The van der Waals surface area contributed by atoms with Crippen LogP contribution in [0.4, 0.5) is 16.5 Å². The minimum atomic E-state index is -0.403. The maximum atomic E-state index is 13.1. The second-order valence-electron chi connectivity index (χ2n) is 9.45. The van der Waals surface area contributed by atoms with Gasteiger partial charge in [0, 0.05) is 36.4 Å².